The maximum Gasteiger partial charge on any atom is 0.254 e. The van der Waals surface area contributed by atoms with Gasteiger partial charge in [0.1, 0.15) is 5.82 Å². The summed E-state index contributed by atoms with van der Waals surface area (Å²) in [4.78, 5) is 16.2. The van der Waals surface area contributed by atoms with Gasteiger partial charge in [-0.1, -0.05) is 13.0 Å². The Morgan fingerprint density at radius 1 is 1.28 bits per heavy atom. The monoisotopic (exact) mass is 250 g/mol. The molecule has 4 heteroatoms. The number of benzene rings is 1. The second-order valence-corrected chi connectivity index (χ2v) is 4.76. The van der Waals surface area contributed by atoms with E-state index in [1.807, 2.05) is 14.0 Å². The molecule has 0 saturated carbocycles. The molecule has 2 rings (SSSR count). The SMILES string of the molecule is CCc1ccc(C(=O)N2CCN(C)CC2)cc1F. The Kier molecular flexibility index (Phi) is 3.97. The van der Waals surface area contributed by atoms with Crippen molar-refractivity contribution >= 4 is 5.91 Å². The third-order valence-corrected chi connectivity index (χ3v) is 3.47. The van der Waals surface area contributed by atoms with Crippen LogP contribution in [0.3, 0.4) is 0 Å². The zero-order valence-corrected chi connectivity index (χ0v) is 10.9. The smallest absolute Gasteiger partial charge is 0.254 e. The molecule has 0 atom stereocenters. The summed E-state index contributed by atoms with van der Waals surface area (Å²) in [5.41, 5.74) is 1.11. The Hall–Kier alpha value is -1.42. The van der Waals surface area contributed by atoms with Gasteiger partial charge in [-0.25, -0.2) is 4.39 Å². The average Bonchev–Trinajstić information content (AvgIpc) is 2.38. The number of nitrogens with zero attached hydrogens (tertiary/aromatic N) is 2. The first-order valence-electron chi connectivity index (χ1n) is 6.38. The number of rotatable bonds is 2. The van der Waals surface area contributed by atoms with E-state index in [1.54, 1.807) is 17.0 Å². The zero-order chi connectivity index (χ0) is 13.1. The van der Waals surface area contributed by atoms with E-state index in [-0.39, 0.29) is 11.7 Å². The minimum Gasteiger partial charge on any atom is -0.336 e. The first-order valence-corrected chi connectivity index (χ1v) is 6.38. The van der Waals surface area contributed by atoms with Crippen LogP contribution in [0.5, 0.6) is 0 Å². The number of likely N-dealkylation sites (N-methyl/N-ethyl adjacent to an activating group) is 1. The highest BCUT2D eigenvalue weighted by Crippen LogP contribution is 2.14. The largest absolute Gasteiger partial charge is 0.336 e. The molecule has 3 nitrogen and oxygen atoms in total. The molecule has 0 N–H and O–H groups in total. The Labute approximate surface area is 107 Å². The van der Waals surface area contributed by atoms with Crippen molar-refractivity contribution in [1.29, 1.82) is 0 Å². The molecule has 0 radical (unpaired) electrons. The van der Waals surface area contributed by atoms with Gasteiger partial charge in [0.25, 0.3) is 5.91 Å². The molecule has 1 aliphatic heterocycles. The molecular weight excluding hydrogens is 231 g/mol. The van der Waals surface area contributed by atoms with E-state index in [2.05, 4.69) is 4.90 Å². The number of halogens is 1. The third-order valence-electron chi connectivity index (χ3n) is 3.47. The zero-order valence-electron chi connectivity index (χ0n) is 10.9. The number of aryl methyl sites for hydroxylation is 1. The van der Waals surface area contributed by atoms with Gasteiger partial charge in [0.2, 0.25) is 0 Å². The van der Waals surface area contributed by atoms with Crippen LogP contribution in [-0.2, 0) is 6.42 Å². The van der Waals surface area contributed by atoms with Crippen molar-refractivity contribution in [3.8, 4) is 0 Å². The van der Waals surface area contributed by atoms with Crippen LogP contribution < -0.4 is 0 Å². The lowest BCUT2D eigenvalue weighted by molar-refractivity contribution is 0.0663. The van der Waals surface area contributed by atoms with Crippen LogP contribution in [0.1, 0.15) is 22.8 Å². The number of piperazine rings is 1. The Bertz CT molecular complexity index is 439. The standard InChI is InChI=1S/C14H19FN2O/c1-3-11-4-5-12(10-13(11)15)14(18)17-8-6-16(2)7-9-17/h4-5,10H,3,6-9H2,1-2H3. The molecule has 18 heavy (non-hydrogen) atoms. The predicted octanol–water partition coefficient (Wildman–Crippen LogP) is 1.78. The summed E-state index contributed by atoms with van der Waals surface area (Å²) in [6, 6.07) is 4.79. The summed E-state index contributed by atoms with van der Waals surface area (Å²) in [5, 5.41) is 0. The quantitative estimate of drug-likeness (QED) is 0.798. The highest BCUT2D eigenvalue weighted by Gasteiger charge is 2.20. The molecule has 0 spiro atoms. The maximum absolute atomic E-state index is 13.7. The summed E-state index contributed by atoms with van der Waals surface area (Å²) in [5.74, 6) is -0.345. The predicted molar refractivity (Wildman–Crippen MR) is 69.2 cm³/mol. The first-order chi connectivity index (χ1) is 8.61. The van der Waals surface area contributed by atoms with Gasteiger partial charge in [-0.15, -0.1) is 0 Å². The van der Waals surface area contributed by atoms with Crippen molar-refractivity contribution in [2.45, 2.75) is 13.3 Å². The molecule has 1 fully saturated rings. The topological polar surface area (TPSA) is 23.6 Å². The second-order valence-electron chi connectivity index (χ2n) is 4.76. The van der Waals surface area contributed by atoms with E-state index >= 15 is 0 Å². The number of carbonyl (C=O) groups is 1. The van der Waals surface area contributed by atoms with E-state index in [9.17, 15) is 9.18 Å². The van der Waals surface area contributed by atoms with Crippen LogP contribution in [-0.4, -0.2) is 48.9 Å². The Balaban J connectivity index is 2.11. The van der Waals surface area contributed by atoms with Gasteiger partial charge in [-0.2, -0.15) is 0 Å². The van der Waals surface area contributed by atoms with Crippen LogP contribution in [0.25, 0.3) is 0 Å². The number of carbonyl (C=O) groups excluding carboxylic acids is 1. The number of amides is 1. The average molecular weight is 250 g/mol. The molecule has 1 aliphatic rings. The molecule has 0 aromatic heterocycles. The molecule has 0 aliphatic carbocycles. The fraction of sp³-hybridized carbons (Fsp3) is 0.500. The van der Waals surface area contributed by atoms with Crippen molar-refractivity contribution in [1.82, 2.24) is 9.80 Å². The highest BCUT2D eigenvalue weighted by molar-refractivity contribution is 5.94. The minimum atomic E-state index is -0.280. The molecule has 1 aromatic carbocycles. The van der Waals surface area contributed by atoms with E-state index < -0.39 is 0 Å². The van der Waals surface area contributed by atoms with Crippen molar-refractivity contribution in [2.24, 2.45) is 0 Å². The van der Waals surface area contributed by atoms with Gasteiger partial charge in [0.05, 0.1) is 0 Å². The normalized spacial score (nSPS) is 16.9. The van der Waals surface area contributed by atoms with Crippen LogP contribution in [0, 0.1) is 5.82 Å². The fourth-order valence-corrected chi connectivity index (χ4v) is 2.16. The van der Waals surface area contributed by atoms with Crippen molar-refractivity contribution in [3.63, 3.8) is 0 Å². The van der Waals surface area contributed by atoms with E-state index in [1.165, 1.54) is 6.07 Å². The van der Waals surface area contributed by atoms with Crippen LogP contribution in [0.15, 0.2) is 18.2 Å². The van der Waals surface area contributed by atoms with Gasteiger partial charge in [0, 0.05) is 31.7 Å². The lowest BCUT2D eigenvalue weighted by Crippen LogP contribution is -2.47. The fourth-order valence-electron chi connectivity index (χ4n) is 2.16. The molecule has 1 amide bonds. The highest BCUT2D eigenvalue weighted by atomic mass is 19.1. The summed E-state index contributed by atoms with van der Waals surface area (Å²) < 4.78 is 13.7. The number of hydrogen-bond donors (Lipinski definition) is 0. The molecule has 0 bridgehead atoms. The van der Waals surface area contributed by atoms with Crippen LogP contribution in [0.4, 0.5) is 4.39 Å². The van der Waals surface area contributed by atoms with E-state index in [0.29, 0.717) is 30.6 Å². The van der Waals surface area contributed by atoms with Crippen LogP contribution >= 0.6 is 0 Å². The lowest BCUT2D eigenvalue weighted by atomic mass is 10.1. The molecular formula is C14H19FN2O. The second kappa shape index (κ2) is 5.48. The summed E-state index contributed by atoms with van der Waals surface area (Å²) in [6.45, 7) is 5.09. The molecule has 98 valence electrons. The molecule has 1 aromatic rings. The van der Waals surface area contributed by atoms with Crippen molar-refractivity contribution in [3.05, 3.63) is 35.1 Å². The van der Waals surface area contributed by atoms with Crippen molar-refractivity contribution < 1.29 is 9.18 Å². The van der Waals surface area contributed by atoms with Crippen LogP contribution in [0.2, 0.25) is 0 Å². The van der Waals surface area contributed by atoms with Gasteiger partial charge in [-0.3, -0.25) is 4.79 Å². The molecule has 0 unspecified atom stereocenters. The van der Waals surface area contributed by atoms with E-state index in [4.69, 9.17) is 0 Å². The molecule has 1 heterocycles. The third kappa shape index (κ3) is 2.70. The lowest BCUT2D eigenvalue weighted by Gasteiger charge is -2.32. The maximum atomic E-state index is 13.7. The Morgan fingerprint density at radius 2 is 1.94 bits per heavy atom. The van der Waals surface area contributed by atoms with Gasteiger partial charge >= 0.3 is 0 Å². The van der Waals surface area contributed by atoms with Gasteiger partial charge < -0.3 is 9.80 Å². The molecule has 1 saturated heterocycles. The van der Waals surface area contributed by atoms with E-state index in [0.717, 1.165) is 13.1 Å². The van der Waals surface area contributed by atoms with Crippen molar-refractivity contribution in [2.75, 3.05) is 33.2 Å². The summed E-state index contributed by atoms with van der Waals surface area (Å²) in [7, 11) is 2.04. The number of hydrogen-bond acceptors (Lipinski definition) is 2. The Morgan fingerprint density at radius 3 is 2.50 bits per heavy atom. The van der Waals surface area contributed by atoms with Gasteiger partial charge in [-0.05, 0) is 31.2 Å². The first kappa shape index (κ1) is 13.0. The van der Waals surface area contributed by atoms with Gasteiger partial charge in [0.15, 0.2) is 0 Å². The minimum absolute atomic E-state index is 0.0651. The summed E-state index contributed by atoms with van der Waals surface area (Å²) in [6.07, 6.45) is 0.648. The summed E-state index contributed by atoms with van der Waals surface area (Å²) >= 11 is 0.